The summed E-state index contributed by atoms with van der Waals surface area (Å²) in [7, 11) is 1.72. The van der Waals surface area contributed by atoms with Gasteiger partial charge in [0.2, 0.25) is 0 Å². The van der Waals surface area contributed by atoms with E-state index < -0.39 is 0 Å². The van der Waals surface area contributed by atoms with Crippen molar-refractivity contribution in [1.82, 2.24) is 0 Å². The fourth-order valence-corrected chi connectivity index (χ4v) is 3.09. The van der Waals surface area contributed by atoms with Crippen LogP contribution in [0.2, 0.25) is 0 Å². The fraction of sp³-hybridized carbons (Fsp3) is 0.100. The van der Waals surface area contributed by atoms with E-state index in [0.29, 0.717) is 0 Å². The Morgan fingerprint density at radius 1 is 0.667 bits per heavy atom. The molecule has 0 aliphatic heterocycles. The Morgan fingerprint density at radius 2 is 1.24 bits per heavy atom. The van der Waals surface area contributed by atoms with Gasteiger partial charge in [0.1, 0.15) is 5.75 Å². The molecular weight excluding hydrogens is 256 g/mol. The summed E-state index contributed by atoms with van der Waals surface area (Å²) in [5.74, 6) is 0.902. The van der Waals surface area contributed by atoms with Crippen LogP contribution in [0.15, 0.2) is 60.7 Å². The second-order valence-electron chi connectivity index (χ2n) is 5.54. The minimum absolute atomic E-state index is 0.902. The van der Waals surface area contributed by atoms with Gasteiger partial charge in [0.15, 0.2) is 0 Å². The lowest BCUT2D eigenvalue weighted by molar-refractivity contribution is 0.415. The van der Waals surface area contributed by atoms with E-state index in [1.54, 1.807) is 7.11 Å². The maximum absolute atomic E-state index is 5.41. The number of aryl methyl sites for hydroxylation is 1. The van der Waals surface area contributed by atoms with E-state index in [4.69, 9.17) is 4.74 Å². The van der Waals surface area contributed by atoms with Gasteiger partial charge in [-0.3, -0.25) is 0 Å². The lowest BCUT2D eigenvalue weighted by Gasteiger charge is -2.10. The van der Waals surface area contributed by atoms with E-state index in [0.717, 1.165) is 5.75 Å². The highest BCUT2D eigenvalue weighted by Crippen LogP contribution is 2.34. The Labute approximate surface area is 123 Å². The Bertz CT molecular complexity index is 978. The molecule has 0 spiro atoms. The van der Waals surface area contributed by atoms with Gasteiger partial charge in [0.25, 0.3) is 0 Å². The van der Waals surface area contributed by atoms with Crippen molar-refractivity contribution in [2.75, 3.05) is 7.11 Å². The number of methoxy groups -OCH3 is 1. The van der Waals surface area contributed by atoms with Gasteiger partial charge in [0, 0.05) is 0 Å². The highest BCUT2D eigenvalue weighted by molar-refractivity contribution is 6.20. The molecule has 0 fully saturated rings. The predicted molar refractivity (Wildman–Crippen MR) is 90.2 cm³/mol. The van der Waals surface area contributed by atoms with Crippen molar-refractivity contribution in [2.24, 2.45) is 0 Å². The molecule has 1 nitrogen and oxygen atoms in total. The van der Waals surface area contributed by atoms with Gasteiger partial charge in [-0.2, -0.15) is 0 Å². The largest absolute Gasteiger partial charge is 0.497 e. The molecule has 1 heteroatoms. The molecule has 0 heterocycles. The molecule has 0 amide bonds. The van der Waals surface area contributed by atoms with Gasteiger partial charge in [-0.05, 0) is 51.4 Å². The Hall–Kier alpha value is -2.54. The molecule has 0 aliphatic rings. The van der Waals surface area contributed by atoms with Crippen LogP contribution in [0, 0.1) is 6.92 Å². The Kier molecular flexibility index (Phi) is 2.61. The number of rotatable bonds is 1. The van der Waals surface area contributed by atoms with E-state index in [1.165, 1.54) is 37.9 Å². The quantitative estimate of drug-likeness (QED) is 0.418. The molecule has 102 valence electrons. The van der Waals surface area contributed by atoms with Crippen molar-refractivity contribution in [2.45, 2.75) is 6.92 Å². The summed E-state index contributed by atoms with van der Waals surface area (Å²) in [6, 6.07) is 21.7. The highest BCUT2D eigenvalue weighted by atomic mass is 16.5. The van der Waals surface area contributed by atoms with Crippen LogP contribution in [0.1, 0.15) is 5.56 Å². The third kappa shape index (κ3) is 1.85. The van der Waals surface area contributed by atoms with Crippen molar-refractivity contribution < 1.29 is 4.74 Å². The molecule has 21 heavy (non-hydrogen) atoms. The SMILES string of the molecule is COc1ccc2ccc3ccc4ccc(C)cc4c3c2c1. The van der Waals surface area contributed by atoms with Crippen LogP contribution in [-0.2, 0) is 0 Å². The zero-order valence-electron chi connectivity index (χ0n) is 12.2. The Balaban J connectivity index is 2.28. The number of hydrogen-bond acceptors (Lipinski definition) is 1. The van der Waals surface area contributed by atoms with Crippen molar-refractivity contribution in [3.05, 3.63) is 66.2 Å². The molecule has 4 aromatic rings. The van der Waals surface area contributed by atoms with Gasteiger partial charge in [-0.25, -0.2) is 0 Å². The van der Waals surface area contributed by atoms with Crippen LogP contribution in [0.4, 0.5) is 0 Å². The molecule has 0 saturated heterocycles. The summed E-state index contributed by atoms with van der Waals surface area (Å²) in [6.45, 7) is 2.14. The summed E-state index contributed by atoms with van der Waals surface area (Å²) in [5, 5.41) is 7.68. The van der Waals surface area contributed by atoms with Gasteiger partial charge in [-0.15, -0.1) is 0 Å². The molecule has 0 N–H and O–H groups in total. The second kappa shape index (κ2) is 4.49. The van der Waals surface area contributed by atoms with Crippen LogP contribution in [0.25, 0.3) is 32.3 Å². The molecule has 0 atom stereocenters. The van der Waals surface area contributed by atoms with Gasteiger partial charge in [-0.1, -0.05) is 54.1 Å². The topological polar surface area (TPSA) is 9.23 Å². The smallest absolute Gasteiger partial charge is 0.119 e. The maximum Gasteiger partial charge on any atom is 0.119 e. The lowest BCUT2D eigenvalue weighted by atomic mass is 9.95. The van der Waals surface area contributed by atoms with Crippen molar-refractivity contribution >= 4 is 32.3 Å². The Morgan fingerprint density at radius 3 is 1.95 bits per heavy atom. The van der Waals surface area contributed by atoms with Crippen molar-refractivity contribution in [1.29, 1.82) is 0 Å². The summed E-state index contributed by atoms with van der Waals surface area (Å²) in [5.41, 5.74) is 1.29. The minimum Gasteiger partial charge on any atom is -0.497 e. The molecule has 0 aliphatic carbocycles. The molecule has 0 radical (unpaired) electrons. The first-order valence-electron chi connectivity index (χ1n) is 7.16. The molecule has 0 saturated carbocycles. The van der Waals surface area contributed by atoms with Crippen LogP contribution < -0.4 is 4.74 Å². The second-order valence-corrected chi connectivity index (χ2v) is 5.54. The first kappa shape index (κ1) is 12.2. The van der Waals surface area contributed by atoms with E-state index in [1.807, 2.05) is 6.07 Å². The zero-order valence-corrected chi connectivity index (χ0v) is 12.2. The standard InChI is InChI=1S/C20H16O/c1-13-3-4-14-5-7-16-8-6-15-9-10-17(21-2)12-19(15)20(16)18(14)11-13/h3-12H,1-2H3. The monoisotopic (exact) mass is 272 g/mol. The van der Waals surface area contributed by atoms with Crippen molar-refractivity contribution in [3.63, 3.8) is 0 Å². The summed E-state index contributed by atoms with van der Waals surface area (Å²) < 4.78 is 5.41. The summed E-state index contributed by atoms with van der Waals surface area (Å²) in [4.78, 5) is 0. The maximum atomic E-state index is 5.41. The minimum atomic E-state index is 0.902. The van der Waals surface area contributed by atoms with E-state index in [-0.39, 0.29) is 0 Å². The fourth-order valence-electron chi connectivity index (χ4n) is 3.09. The lowest BCUT2D eigenvalue weighted by Crippen LogP contribution is -1.85. The average molecular weight is 272 g/mol. The zero-order chi connectivity index (χ0) is 14.4. The third-order valence-corrected chi connectivity index (χ3v) is 4.18. The molecular formula is C20H16O. The molecule has 0 unspecified atom stereocenters. The first-order chi connectivity index (χ1) is 10.3. The number of fused-ring (bicyclic) bond motifs is 5. The van der Waals surface area contributed by atoms with Crippen LogP contribution >= 0.6 is 0 Å². The normalized spacial score (nSPS) is 11.3. The molecule has 0 aromatic heterocycles. The van der Waals surface area contributed by atoms with Crippen LogP contribution in [-0.4, -0.2) is 7.11 Å². The number of ether oxygens (including phenoxy) is 1. The average Bonchev–Trinajstić information content (AvgIpc) is 2.53. The van der Waals surface area contributed by atoms with Gasteiger partial charge < -0.3 is 4.74 Å². The third-order valence-electron chi connectivity index (χ3n) is 4.18. The van der Waals surface area contributed by atoms with E-state index in [2.05, 4.69) is 61.5 Å². The van der Waals surface area contributed by atoms with Crippen LogP contribution in [0.5, 0.6) is 5.75 Å². The summed E-state index contributed by atoms with van der Waals surface area (Å²) >= 11 is 0. The first-order valence-corrected chi connectivity index (χ1v) is 7.16. The van der Waals surface area contributed by atoms with E-state index >= 15 is 0 Å². The van der Waals surface area contributed by atoms with Gasteiger partial charge >= 0.3 is 0 Å². The van der Waals surface area contributed by atoms with Crippen molar-refractivity contribution in [3.8, 4) is 5.75 Å². The number of hydrogen-bond donors (Lipinski definition) is 0. The molecule has 0 bridgehead atoms. The summed E-state index contributed by atoms with van der Waals surface area (Å²) in [6.07, 6.45) is 0. The van der Waals surface area contributed by atoms with Crippen LogP contribution in [0.3, 0.4) is 0 Å². The predicted octanol–water partition coefficient (Wildman–Crippen LogP) is 5.46. The number of benzene rings is 4. The van der Waals surface area contributed by atoms with Gasteiger partial charge in [0.05, 0.1) is 7.11 Å². The highest BCUT2D eigenvalue weighted by Gasteiger charge is 2.06. The molecule has 4 rings (SSSR count). The molecule has 4 aromatic carbocycles. The van der Waals surface area contributed by atoms with E-state index in [9.17, 15) is 0 Å².